The summed E-state index contributed by atoms with van der Waals surface area (Å²) in [7, 11) is 0. The number of halogens is 2. The van der Waals surface area contributed by atoms with E-state index in [9.17, 15) is 4.39 Å². The molecule has 0 radical (unpaired) electrons. The fraction of sp³-hybridized carbons (Fsp3) is 0.500. The zero-order valence-corrected chi connectivity index (χ0v) is 12.2. The van der Waals surface area contributed by atoms with E-state index in [0.717, 1.165) is 29.9 Å². The molecule has 0 amide bonds. The molecule has 5 heteroatoms. The Labute approximate surface area is 118 Å². The van der Waals surface area contributed by atoms with Gasteiger partial charge in [-0.1, -0.05) is 6.42 Å². The van der Waals surface area contributed by atoms with Crippen LogP contribution in [0, 0.1) is 5.82 Å². The SMILES string of the molecule is C[C@H]1COc2c(Br)cc(F)c3nc(C4CCC4)n1c23. The summed E-state index contributed by atoms with van der Waals surface area (Å²) < 4.78 is 22.8. The fourth-order valence-corrected chi connectivity index (χ4v) is 3.51. The van der Waals surface area contributed by atoms with Crippen molar-refractivity contribution in [3.63, 3.8) is 0 Å². The molecule has 1 aliphatic carbocycles. The smallest absolute Gasteiger partial charge is 0.159 e. The van der Waals surface area contributed by atoms with Crippen LogP contribution in [0.15, 0.2) is 10.5 Å². The maximum Gasteiger partial charge on any atom is 0.159 e. The Morgan fingerprint density at radius 2 is 2.26 bits per heavy atom. The van der Waals surface area contributed by atoms with Crippen LogP contribution >= 0.6 is 15.9 Å². The summed E-state index contributed by atoms with van der Waals surface area (Å²) in [5, 5.41) is 0. The Bertz CT molecular complexity index is 678. The minimum atomic E-state index is -0.275. The van der Waals surface area contributed by atoms with Crippen molar-refractivity contribution < 1.29 is 9.13 Å². The fourth-order valence-electron chi connectivity index (χ4n) is 3.01. The lowest BCUT2D eigenvalue weighted by molar-refractivity contribution is 0.237. The lowest BCUT2D eigenvalue weighted by Gasteiger charge is -2.30. The monoisotopic (exact) mass is 324 g/mol. The van der Waals surface area contributed by atoms with Gasteiger partial charge in [0, 0.05) is 5.92 Å². The van der Waals surface area contributed by atoms with Crippen molar-refractivity contribution in [2.75, 3.05) is 6.61 Å². The topological polar surface area (TPSA) is 27.1 Å². The first-order valence-electron chi connectivity index (χ1n) is 6.69. The van der Waals surface area contributed by atoms with Crippen LogP contribution in [-0.4, -0.2) is 16.2 Å². The van der Waals surface area contributed by atoms with Crippen LogP contribution in [0.5, 0.6) is 5.75 Å². The van der Waals surface area contributed by atoms with Gasteiger partial charge in [0.1, 0.15) is 23.5 Å². The van der Waals surface area contributed by atoms with Crippen LogP contribution in [-0.2, 0) is 0 Å². The second-order valence-corrected chi connectivity index (χ2v) is 6.35. The number of aromatic nitrogens is 2. The number of nitrogens with zero attached hydrogens (tertiary/aromatic N) is 2. The van der Waals surface area contributed by atoms with Crippen LogP contribution in [0.2, 0.25) is 0 Å². The third-order valence-corrected chi connectivity index (χ3v) is 4.82. The molecule has 3 nitrogen and oxygen atoms in total. The van der Waals surface area contributed by atoms with Crippen molar-refractivity contribution in [1.82, 2.24) is 9.55 Å². The van der Waals surface area contributed by atoms with Crippen molar-refractivity contribution in [3.8, 4) is 5.75 Å². The molecule has 4 rings (SSSR count). The van der Waals surface area contributed by atoms with Gasteiger partial charge in [-0.25, -0.2) is 9.37 Å². The highest BCUT2D eigenvalue weighted by molar-refractivity contribution is 9.10. The highest BCUT2D eigenvalue weighted by Crippen LogP contribution is 2.45. The van der Waals surface area contributed by atoms with E-state index in [2.05, 4.69) is 32.4 Å². The van der Waals surface area contributed by atoms with Gasteiger partial charge in [-0.15, -0.1) is 0 Å². The Balaban J connectivity index is 2.08. The molecule has 100 valence electrons. The molecular formula is C14H14BrFN2O. The van der Waals surface area contributed by atoms with E-state index in [4.69, 9.17) is 4.74 Å². The maximum absolute atomic E-state index is 14.1. The molecule has 0 unspecified atom stereocenters. The minimum Gasteiger partial charge on any atom is -0.488 e. The van der Waals surface area contributed by atoms with Gasteiger partial charge in [0.25, 0.3) is 0 Å². The van der Waals surface area contributed by atoms with E-state index in [-0.39, 0.29) is 11.9 Å². The van der Waals surface area contributed by atoms with Gasteiger partial charge in [-0.05, 0) is 41.8 Å². The van der Waals surface area contributed by atoms with Gasteiger partial charge in [-0.2, -0.15) is 0 Å². The Morgan fingerprint density at radius 3 is 2.95 bits per heavy atom. The zero-order valence-electron chi connectivity index (χ0n) is 10.6. The first-order valence-corrected chi connectivity index (χ1v) is 7.48. The molecule has 2 aromatic rings. The molecule has 1 aromatic heterocycles. The largest absolute Gasteiger partial charge is 0.488 e. The summed E-state index contributed by atoms with van der Waals surface area (Å²) in [5.74, 6) is 1.98. The molecule has 0 N–H and O–H groups in total. The third-order valence-electron chi connectivity index (χ3n) is 4.23. The average Bonchev–Trinajstić information content (AvgIpc) is 2.67. The molecule has 1 fully saturated rings. The normalized spacial score (nSPS) is 22.4. The van der Waals surface area contributed by atoms with E-state index in [0.29, 0.717) is 22.5 Å². The second-order valence-electron chi connectivity index (χ2n) is 5.49. The van der Waals surface area contributed by atoms with Crippen molar-refractivity contribution in [2.45, 2.75) is 38.1 Å². The van der Waals surface area contributed by atoms with Gasteiger partial charge < -0.3 is 9.30 Å². The predicted molar refractivity (Wildman–Crippen MR) is 74.2 cm³/mol. The molecule has 1 aromatic carbocycles. The van der Waals surface area contributed by atoms with Crippen molar-refractivity contribution in [1.29, 1.82) is 0 Å². The third kappa shape index (κ3) is 1.51. The molecule has 19 heavy (non-hydrogen) atoms. The summed E-state index contributed by atoms with van der Waals surface area (Å²) in [6.07, 6.45) is 3.57. The molecular weight excluding hydrogens is 311 g/mol. The number of hydrogen-bond acceptors (Lipinski definition) is 2. The van der Waals surface area contributed by atoms with Crippen molar-refractivity contribution in [3.05, 3.63) is 22.2 Å². The summed E-state index contributed by atoms with van der Waals surface area (Å²) in [4.78, 5) is 4.58. The number of hydrogen-bond donors (Lipinski definition) is 0. The van der Waals surface area contributed by atoms with Crippen LogP contribution in [0.25, 0.3) is 11.0 Å². The Kier molecular flexibility index (Phi) is 2.43. The lowest BCUT2D eigenvalue weighted by Crippen LogP contribution is -2.24. The molecule has 0 saturated heterocycles. The Morgan fingerprint density at radius 1 is 1.47 bits per heavy atom. The van der Waals surface area contributed by atoms with Gasteiger partial charge in [0.2, 0.25) is 0 Å². The minimum absolute atomic E-state index is 0.210. The molecule has 1 saturated carbocycles. The molecule has 1 aliphatic heterocycles. The predicted octanol–water partition coefficient (Wildman–Crippen LogP) is 4.16. The highest BCUT2D eigenvalue weighted by Gasteiger charge is 2.32. The molecule has 2 heterocycles. The summed E-state index contributed by atoms with van der Waals surface area (Å²) >= 11 is 3.39. The van der Waals surface area contributed by atoms with E-state index >= 15 is 0 Å². The average molecular weight is 325 g/mol. The van der Waals surface area contributed by atoms with Crippen LogP contribution in [0.3, 0.4) is 0 Å². The second kappa shape index (κ2) is 3.95. The Hall–Kier alpha value is -1.10. The number of imidazole rings is 1. The number of benzene rings is 1. The summed E-state index contributed by atoms with van der Waals surface area (Å²) in [6, 6.07) is 1.66. The van der Waals surface area contributed by atoms with Gasteiger partial charge in [-0.3, -0.25) is 0 Å². The van der Waals surface area contributed by atoms with Gasteiger partial charge in [0.15, 0.2) is 11.6 Å². The van der Waals surface area contributed by atoms with Crippen molar-refractivity contribution in [2.24, 2.45) is 0 Å². The van der Waals surface area contributed by atoms with E-state index in [1.807, 2.05) is 0 Å². The standard InChI is InChI=1S/C14H14BrFN2O/c1-7-6-19-13-9(15)5-10(16)11-12(13)18(7)14(17-11)8-3-2-4-8/h5,7-8H,2-4,6H2,1H3/t7-/m0/s1. The molecule has 0 spiro atoms. The van der Waals surface area contributed by atoms with Gasteiger partial charge >= 0.3 is 0 Å². The molecule has 0 bridgehead atoms. The summed E-state index contributed by atoms with van der Waals surface area (Å²) in [6.45, 7) is 2.72. The van der Waals surface area contributed by atoms with Gasteiger partial charge in [0.05, 0.1) is 10.5 Å². The lowest BCUT2D eigenvalue weighted by atomic mass is 9.84. The number of ether oxygens (including phenoxy) is 1. The first kappa shape index (κ1) is 11.7. The molecule has 1 atom stereocenters. The zero-order chi connectivity index (χ0) is 13.1. The molecule has 2 aliphatic rings. The van der Waals surface area contributed by atoms with Crippen LogP contribution in [0.4, 0.5) is 4.39 Å². The van der Waals surface area contributed by atoms with E-state index < -0.39 is 0 Å². The quantitative estimate of drug-likeness (QED) is 0.787. The van der Waals surface area contributed by atoms with Crippen LogP contribution in [0.1, 0.15) is 44.0 Å². The first-order chi connectivity index (χ1) is 9.16. The van der Waals surface area contributed by atoms with Crippen molar-refractivity contribution >= 4 is 27.0 Å². The summed E-state index contributed by atoms with van der Waals surface area (Å²) in [5.41, 5.74) is 1.26. The highest BCUT2D eigenvalue weighted by atomic mass is 79.9. The van der Waals surface area contributed by atoms with E-state index in [1.54, 1.807) is 0 Å². The number of rotatable bonds is 1. The van der Waals surface area contributed by atoms with Crippen LogP contribution < -0.4 is 4.74 Å². The maximum atomic E-state index is 14.1. The van der Waals surface area contributed by atoms with E-state index in [1.165, 1.54) is 12.5 Å².